The molecule has 21 heavy (non-hydrogen) atoms. The highest BCUT2D eigenvalue weighted by Crippen LogP contribution is 2.37. The van der Waals surface area contributed by atoms with Gasteiger partial charge in [-0.15, -0.1) is 0 Å². The number of hydrogen-bond donors (Lipinski definition) is 0. The van der Waals surface area contributed by atoms with E-state index in [-0.39, 0.29) is 0 Å². The van der Waals surface area contributed by atoms with Crippen LogP contribution in [0.25, 0.3) is 0 Å². The van der Waals surface area contributed by atoms with Crippen molar-refractivity contribution in [2.24, 2.45) is 0 Å². The van der Waals surface area contributed by atoms with E-state index in [4.69, 9.17) is 0 Å². The average Bonchev–Trinajstić information content (AvgIpc) is 2.53. The Hall–Kier alpha value is -1.32. The first-order valence-electron chi connectivity index (χ1n) is 7.40. The van der Waals surface area contributed by atoms with E-state index in [1.54, 1.807) is 0 Å². The average molecular weight is 301 g/mol. The van der Waals surface area contributed by atoms with Crippen molar-refractivity contribution in [1.82, 2.24) is 4.90 Å². The number of fused-ring (bicyclic) bond motifs is 1. The Morgan fingerprint density at radius 3 is 2.76 bits per heavy atom. The molecule has 0 aliphatic carbocycles. The fourth-order valence-corrected chi connectivity index (χ4v) is 3.61. The van der Waals surface area contributed by atoms with Crippen molar-refractivity contribution in [1.29, 1.82) is 0 Å². The maximum atomic E-state index is 13.0. The predicted molar refractivity (Wildman–Crippen MR) is 87.4 cm³/mol. The van der Waals surface area contributed by atoms with Crippen molar-refractivity contribution < 1.29 is 3.89 Å². The van der Waals surface area contributed by atoms with Crippen molar-refractivity contribution in [2.45, 2.75) is 30.7 Å². The van der Waals surface area contributed by atoms with Gasteiger partial charge in [0.25, 0.3) is 0 Å². The summed E-state index contributed by atoms with van der Waals surface area (Å²) in [6.45, 7) is 4.13. The van der Waals surface area contributed by atoms with E-state index in [0.717, 1.165) is 19.5 Å². The zero-order valence-corrected chi connectivity index (χ0v) is 13.3. The van der Waals surface area contributed by atoms with Crippen LogP contribution in [0.2, 0.25) is 0 Å². The van der Waals surface area contributed by atoms with Gasteiger partial charge in [0.2, 0.25) is 0 Å². The van der Waals surface area contributed by atoms with Gasteiger partial charge in [0.1, 0.15) is 0 Å². The van der Waals surface area contributed by atoms with Crippen LogP contribution in [0.4, 0.5) is 3.89 Å². The van der Waals surface area contributed by atoms with Crippen LogP contribution in [0.3, 0.4) is 0 Å². The Morgan fingerprint density at radius 1 is 1.19 bits per heavy atom. The standard InChI is InChI=1S/C18H20FNS/c1-3-13-6-4-5-7-16(13)18-12-20(2)11-14-8-9-15(21-19)10-17(14)18/h4-10,18H,3,11-12H2,1-2H3. The summed E-state index contributed by atoms with van der Waals surface area (Å²) in [7, 11) is 2.16. The summed E-state index contributed by atoms with van der Waals surface area (Å²) in [6.07, 6.45) is 1.03. The molecule has 1 nitrogen and oxygen atoms in total. The molecular weight excluding hydrogens is 281 g/mol. The van der Waals surface area contributed by atoms with Gasteiger partial charge in [-0.05, 0) is 47.9 Å². The van der Waals surface area contributed by atoms with Gasteiger partial charge in [0.15, 0.2) is 0 Å². The van der Waals surface area contributed by atoms with Crippen molar-refractivity contribution >= 4 is 12.1 Å². The normalized spacial score (nSPS) is 18.5. The molecule has 0 saturated carbocycles. The molecule has 0 radical (unpaired) electrons. The molecule has 1 aliphatic heterocycles. The van der Waals surface area contributed by atoms with Gasteiger partial charge in [0.05, 0.1) is 12.1 Å². The Morgan fingerprint density at radius 2 is 2.00 bits per heavy atom. The molecule has 3 heteroatoms. The molecule has 1 aliphatic rings. The SMILES string of the molecule is CCc1ccccc1C1CN(C)Cc2ccc(SF)cc21. The minimum Gasteiger partial charge on any atom is -0.301 e. The summed E-state index contributed by atoms with van der Waals surface area (Å²) in [6, 6.07) is 14.6. The number of halogens is 1. The van der Waals surface area contributed by atoms with Crippen LogP contribution in [0.5, 0.6) is 0 Å². The molecule has 0 N–H and O–H groups in total. The minimum absolute atomic E-state index is 0.335. The van der Waals surface area contributed by atoms with Gasteiger partial charge in [-0.25, -0.2) is 0 Å². The monoisotopic (exact) mass is 301 g/mol. The zero-order chi connectivity index (χ0) is 14.8. The minimum atomic E-state index is 0.335. The van der Waals surface area contributed by atoms with Gasteiger partial charge >= 0.3 is 0 Å². The van der Waals surface area contributed by atoms with Crippen LogP contribution in [-0.2, 0) is 13.0 Å². The second-order valence-electron chi connectivity index (χ2n) is 5.74. The molecule has 0 spiro atoms. The van der Waals surface area contributed by atoms with E-state index in [0.29, 0.717) is 23.0 Å². The molecule has 0 fully saturated rings. The number of benzene rings is 2. The Bertz CT molecular complexity index is 641. The molecule has 2 aromatic rings. The third-order valence-electron chi connectivity index (χ3n) is 4.33. The first-order valence-corrected chi connectivity index (χ1v) is 8.12. The smallest absolute Gasteiger partial charge is 0.0812 e. The van der Waals surface area contributed by atoms with Crippen LogP contribution in [0.15, 0.2) is 47.4 Å². The number of rotatable bonds is 3. The van der Waals surface area contributed by atoms with Crippen molar-refractivity contribution in [3.05, 3.63) is 64.7 Å². The Kier molecular flexibility index (Phi) is 4.32. The fourth-order valence-electron chi connectivity index (χ4n) is 3.32. The summed E-state index contributed by atoms with van der Waals surface area (Å²) < 4.78 is 13.0. The molecule has 0 amide bonds. The highest BCUT2D eigenvalue weighted by atomic mass is 32.2. The number of hydrogen-bond acceptors (Lipinski definition) is 2. The fraction of sp³-hybridized carbons (Fsp3) is 0.333. The number of aryl methyl sites for hydroxylation is 1. The molecule has 110 valence electrons. The van der Waals surface area contributed by atoms with E-state index >= 15 is 0 Å². The molecule has 1 heterocycles. The lowest BCUT2D eigenvalue weighted by molar-refractivity contribution is 0.294. The molecule has 3 rings (SSSR count). The van der Waals surface area contributed by atoms with Crippen molar-refractivity contribution in [3.8, 4) is 0 Å². The molecule has 0 bridgehead atoms. The van der Waals surface area contributed by atoms with Gasteiger partial charge in [0, 0.05) is 23.9 Å². The second-order valence-corrected chi connectivity index (χ2v) is 6.37. The second kappa shape index (κ2) is 6.20. The van der Waals surface area contributed by atoms with E-state index in [2.05, 4.69) is 49.2 Å². The van der Waals surface area contributed by atoms with Crippen LogP contribution in [-0.4, -0.2) is 18.5 Å². The summed E-state index contributed by atoms with van der Waals surface area (Å²) >= 11 is 0.336. The number of nitrogens with zero attached hydrogens (tertiary/aromatic N) is 1. The molecule has 0 saturated heterocycles. The lowest BCUT2D eigenvalue weighted by Crippen LogP contribution is -2.31. The maximum absolute atomic E-state index is 13.0. The van der Waals surface area contributed by atoms with Crippen LogP contribution >= 0.6 is 12.1 Å². The topological polar surface area (TPSA) is 3.24 Å². The maximum Gasteiger partial charge on any atom is 0.0812 e. The highest BCUT2D eigenvalue weighted by molar-refractivity contribution is 7.94. The molecule has 1 unspecified atom stereocenters. The van der Waals surface area contributed by atoms with Crippen LogP contribution in [0, 0.1) is 0 Å². The highest BCUT2D eigenvalue weighted by Gasteiger charge is 2.26. The summed E-state index contributed by atoms with van der Waals surface area (Å²) in [5.74, 6) is 0.335. The van der Waals surface area contributed by atoms with Gasteiger partial charge < -0.3 is 4.90 Å². The van der Waals surface area contributed by atoms with Crippen LogP contribution < -0.4 is 0 Å². The van der Waals surface area contributed by atoms with Crippen molar-refractivity contribution in [2.75, 3.05) is 13.6 Å². The van der Waals surface area contributed by atoms with E-state index in [1.807, 2.05) is 12.1 Å². The number of likely N-dealkylation sites (N-methyl/N-ethyl adjacent to an activating group) is 1. The lowest BCUT2D eigenvalue weighted by atomic mass is 9.82. The third kappa shape index (κ3) is 2.85. The van der Waals surface area contributed by atoms with Gasteiger partial charge in [-0.2, -0.15) is 3.89 Å². The largest absolute Gasteiger partial charge is 0.301 e. The van der Waals surface area contributed by atoms with Gasteiger partial charge in [-0.1, -0.05) is 37.3 Å². The summed E-state index contributed by atoms with van der Waals surface area (Å²) in [5, 5.41) is 0. The summed E-state index contributed by atoms with van der Waals surface area (Å²) in [5.41, 5.74) is 5.38. The van der Waals surface area contributed by atoms with E-state index in [1.165, 1.54) is 22.3 Å². The van der Waals surface area contributed by atoms with E-state index in [9.17, 15) is 3.89 Å². The first kappa shape index (κ1) is 14.6. The van der Waals surface area contributed by atoms with Gasteiger partial charge in [-0.3, -0.25) is 0 Å². The molecule has 1 atom stereocenters. The Labute approximate surface area is 130 Å². The Balaban J connectivity index is 2.11. The summed E-state index contributed by atoms with van der Waals surface area (Å²) in [4.78, 5) is 3.05. The first-order chi connectivity index (χ1) is 10.2. The molecule has 0 aromatic heterocycles. The predicted octanol–water partition coefficient (Wildman–Crippen LogP) is 4.80. The molecule has 2 aromatic carbocycles. The quantitative estimate of drug-likeness (QED) is 0.801. The van der Waals surface area contributed by atoms with E-state index < -0.39 is 0 Å². The zero-order valence-electron chi connectivity index (χ0n) is 12.5. The third-order valence-corrected chi connectivity index (χ3v) is 4.76. The van der Waals surface area contributed by atoms with Crippen LogP contribution in [0.1, 0.15) is 35.1 Å². The lowest BCUT2D eigenvalue weighted by Gasteiger charge is -2.33. The van der Waals surface area contributed by atoms with Crippen molar-refractivity contribution in [3.63, 3.8) is 0 Å². The molecular formula is C18H20FNS.